The van der Waals surface area contributed by atoms with Crippen molar-refractivity contribution >= 4 is 5.97 Å². The fourth-order valence-electron chi connectivity index (χ4n) is 1.29. The van der Waals surface area contributed by atoms with Crippen LogP contribution in [0.25, 0.3) is 0 Å². The van der Waals surface area contributed by atoms with Crippen molar-refractivity contribution in [3.63, 3.8) is 0 Å². The summed E-state index contributed by atoms with van der Waals surface area (Å²) in [6, 6.07) is 4.59. The number of carbonyl (C=O) groups is 1. The number of halogens is 1. The summed E-state index contributed by atoms with van der Waals surface area (Å²) in [7, 11) is 1.33. The van der Waals surface area contributed by atoms with Crippen LogP contribution in [0.2, 0.25) is 0 Å². The highest BCUT2D eigenvalue weighted by atomic mass is 19.1. The molecule has 1 rings (SSSR count). The van der Waals surface area contributed by atoms with Gasteiger partial charge in [0, 0.05) is 13.0 Å². The Labute approximate surface area is 99.5 Å². The minimum absolute atomic E-state index is 0.173. The summed E-state index contributed by atoms with van der Waals surface area (Å²) in [5.41, 5.74) is 6.09. The molecule has 0 fully saturated rings. The van der Waals surface area contributed by atoms with Crippen LogP contribution in [0.1, 0.15) is 18.4 Å². The molecule has 0 unspecified atom stereocenters. The van der Waals surface area contributed by atoms with E-state index in [9.17, 15) is 9.18 Å². The molecule has 17 heavy (non-hydrogen) atoms. The monoisotopic (exact) mass is 241 g/mol. The third-order valence-corrected chi connectivity index (χ3v) is 2.24. The predicted molar refractivity (Wildman–Crippen MR) is 61.0 cm³/mol. The molecule has 0 aliphatic carbocycles. The van der Waals surface area contributed by atoms with E-state index in [0.717, 1.165) is 0 Å². The lowest BCUT2D eigenvalue weighted by molar-refractivity contribution is -0.140. The van der Waals surface area contributed by atoms with E-state index >= 15 is 0 Å². The molecule has 0 aliphatic rings. The van der Waals surface area contributed by atoms with Crippen molar-refractivity contribution in [3.05, 3.63) is 29.6 Å². The van der Waals surface area contributed by atoms with Gasteiger partial charge in [0.05, 0.1) is 13.7 Å². The molecule has 0 heterocycles. The molecule has 0 amide bonds. The molecule has 1 aromatic carbocycles. The standard InChI is InChI=1S/C12H16FNO3/c1-16-12(15)3-2-6-17-11-5-4-9(8-14)7-10(11)13/h4-5,7H,2-3,6,8,14H2,1H3. The highest BCUT2D eigenvalue weighted by molar-refractivity contribution is 5.69. The van der Waals surface area contributed by atoms with E-state index in [4.69, 9.17) is 10.5 Å². The lowest BCUT2D eigenvalue weighted by Crippen LogP contribution is -2.05. The highest BCUT2D eigenvalue weighted by Crippen LogP contribution is 2.18. The van der Waals surface area contributed by atoms with Gasteiger partial charge in [0.15, 0.2) is 11.6 Å². The molecule has 0 bridgehead atoms. The van der Waals surface area contributed by atoms with E-state index in [-0.39, 0.29) is 24.7 Å². The molecule has 5 heteroatoms. The van der Waals surface area contributed by atoms with Crippen molar-refractivity contribution < 1.29 is 18.7 Å². The Morgan fingerprint density at radius 2 is 2.24 bits per heavy atom. The molecule has 0 radical (unpaired) electrons. The summed E-state index contributed by atoms with van der Waals surface area (Å²) < 4.78 is 23.1. The van der Waals surface area contributed by atoms with Crippen molar-refractivity contribution in [2.24, 2.45) is 5.73 Å². The molecular weight excluding hydrogens is 225 g/mol. The van der Waals surface area contributed by atoms with Crippen LogP contribution in [0.15, 0.2) is 18.2 Å². The lowest BCUT2D eigenvalue weighted by atomic mass is 10.2. The SMILES string of the molecule is COC(=O)CCCOc1ccc(CN)cc1F. The molecule has 94 valence electrons. The number of nitrogens with two attached hydrogens (primary N) is 1. The average molecular weight is 241 g/mol. The highest BCUT2D eigenvalue weighted by Gasteiger charge is 2.05. The van der Waals surface area contributed by atoms with Gasteiger partial charge in [-0.1, -0.05) is 6.07 Å². The van der Waals surface area contributed by atoms with Gasteiger partial charge in [0.1, 0.15) is 0 Å². The largest absolute Gasteiger partial charge is 0.491 e. The van der Waals surface area contributed by atoms with E-state index in [1.807, 2.05) is 0 Å². The van der Waals surface area contributed by atoms with E-state index < -0.39 is 5.82 Å². The van der Waals surface area contributed by atoms with Gasteiger partial charge in [-0.25, -0.2) is 4.39 Å². The summed E-state index contributed by atoms with van der Waals surface area (Å²) in [5.74, 6) is -0.564. The van der Waals surface area contributed by atoms with Crippen LogP contribution in [0.4, 0.5) is 4.39 Å². The number of hydrogen-bond donors (Lipinski definition) is 1. The Bertz CT molecular complexity index is 382. The first-order chi connectivity index (χ1) is 8.17. The maximum Gasteiger partial charge on any atom is 0.305 e. The van der Waals surface area contributed by atoms with Crippen LogP contribution in [0.5, 0.6) is 5.75 Å². The third-order valence-electron chi connectivity index (χ3n) is 2.24. The fraction of sp³-hybridized carbons (Fsp3) is 0.417. The molecule has 4 nitrogen and oxygen atoms in total. The summed E-state index contributed by atoms with van der Waals surface area (Å²) in [5, 5.41) is 0. The van der Waals surface area contributed by atoms with Crippen LogP contribution in [0, 0.1) is 5.82 Å². The van der Waals surface area contributed by atoms with Gasteiger partial charge in [-0.15, -0.1) is 0 Å². The maximum atomic E-state index is 13.4. The Morgan fingerprint density at radius 3 is 2.82 bits per heavy atom. The van der Waals surface area contributed by atoms with Crippen molar-refractivity contribution in [3.8, 4) is 5.75 Å². The first kappa shape index (κ1) is 13.4. The molecule has 0 saturated heterocycles. The second kappa shape index (κ2) is 6.85. The van der Waals surface area contributed by atoms with E-state index in [0.29, 0.717) is 18.5 Å². The van der Waals surface area contributed by atoms with E-state index in [2.05, 4.69) is 4.74 Å². The number of esters is 1. The summed E-state index contributed by atoms with van der Waals surface area (Å²) in [6.45, 7) is 0.563. The number of ether oxygens (including phenoxy) is 2. The Balaban J connectivity index is 2.39. The van der Waals surface area contributed by atoms with Crippen LogP contribution in [0.3, 0.4) is 0 Å². The second-order valence-corrected chi connectivity index (χ2v) is 3.50. The number of methoxy groups -OCH3 is 1. The Kier molecular flexibility index (Phi) is 5.42. The quantitative estimate of drug-likeness (QED) is 0.607. The lowest BCUT2D eigenvalue weighted by Gasteiger charge is -2.07. The summed E-state index contributed by atoms with van der Waals surface area (Å²) in [4.78, 5) is 10.8. The topological polar surface area (TPSA) is 61.5 Å². The smallest absolute Gasteiger partial charge is 0.305 e. The molecule has 1 aromatic rings. The zero-order valence-corrected chi connectivity index (χ0v) is 9.74. The Morgan fingerprint density at radius 1 is 1.47 bits per heavy atom. The van der Waals surface area contributed by atoms with Gasteiger partial charge in [0.2, 0.25) is 0 Å². The molecule has 0 atom stereocenters. The van der Waals surface area contributed by atoms with Crippen LogP contribution in [-0.4, -0.2) is 19.7 Å². The fourth-order valence-corrected chi connectivity index (χ4v) is 1.29. The molecule has 0 aliphatic heterocycles. The second-order valence-electron chi connectivity index (χ2n) is 3.50. The number of hydrogen-bond acceptors (Lipinski definition) is 4. The number of benzene rings is 1. The zero-order chi connectivity index (χ0) is 12.7. The predicted octanol–water partition coefficient (Wildman–Crippen LogP) is 1.62. The summed E-state index contributed by atoms with van der Waals surface area (Å²) in [6.07, 6.45) is 0.754. The molecular formula is C12H16FNO3. The Hall–Kier alpha value is -1.62. The first-order valence-corrected chi connectivity index (χ1v) is 5.35. The molecule has 0 spiro atoms. The van der Waals surface area contributed by atoms with Crippen molar-refractivity contribution in [1.29, 1.82) is 0 Å². The third kappa shape index (κ3) is 4.40. The van der Waals surface area contributed by atoms with Crippen molar-refractivity contribution in [2.75, 3.05) is 13.7 Å². The average Bonchev–Trinajstić information content (AvgIpc) is 2.35. The molecule has 0 aromatic heterocycles. The van der Waals surface area contributed by atoms with Gasteiger partial charge >= 0.3 is 5.97 Å². The maximum absolute atomic E-state index is 13.4. The van der Waals surface area contributed by atoms with Gasteiger partial charge in [0.25, 0.3) is 0 Å². The van der Waals surface area contributed by atoms with Gasteiger partial charge in [-0.3, -0.25) is 4.79 Å². The molecule has 0 saturated carbocycles. The van der Waals surface area contributed by atoms with E-state index in [1.165, 1.54) is 19.2 Å². The van der Waals surface area contributed by atoms with Crippen LogP contribution < -0.4 is 10.5 Å². The molecule has 2 N–H and O–H groups in total. The normalized spacial score (nSPS) is 10.1. The van der Waals surface area contributed by atoms with Gasteiger partial charge < -0.3 is 15.2 Å². The van der Waals surface area contributed by atoms with Crippen molar-refractivity contribution in [1.82, 2.24) is 0 Å². The summed E-state index contributed by atoms with van der Waals surface area (Å²) >= 11 is 0. The number of carbonyl (C=O) groups excluding carboxylic acids is 1. The van der Waals surface area contributed by atoms with Gasteiger partial charge in [-0.2, -0.15) is 0 Å². The van der Waals surface area contributed by atoms with Crippen LogP contribution in [-0.2, 0) is 16.1 Å². The first-order valence-electron chi connectivity index (χ1n) is 5.35. The van der Waals surface area contributed by atoms with E-state index in [1.54, 1.807) is 6.07 Å². The van der Waals surface area contributed by atoms with Crippen LogP contribution >= 0.6 is 0 Å². The number of rotatable bonds is 6. The van der Waals surface area contributed by atoms with Gasteiger partial charge in [-0.05, 0) is 24.1 Å². The minimum atomic E-state index is -0.439. The van der Waals surface area contributed by atoms with Crippen molar-refractivity contribution in [2.45, 2.75) is 19.4 Å². The zero-order valence-electron chi connectivity index (χ0n) is 9.74. The minimum Gasteiger partial charge on any atom is -0.491 e.